The summed E-state index contributed by atoms with van der Waals surface area (Å²) < 4.78 is 2.09. The number of alkyl halides is 1. The van der Waals surface area contributed by atoms with Crippen molar-refractivity contribution in [3.63, 3.8) is 0 Å². The van der Waals surface area contributed by atoms with Crippen molar-refractivity contribution in [3.8, 4) is 0 Å². The lowest BCUT2D eigenvalue weighted by Gasteiger charge is -2.09. The Labute approximate surface area is 121 Å². The normalized spacial score (nSPS) is 11.8. The molecule has 3 heterocycles. The van der Waals surface area contributed by atoms with Crippen molar-refractivity contribution >= 4 is 39.5 Å². The Morgan fingerprint density at radius 2 is 2.05 bits per heavy atom. The molecular formula is C14H16ClN5. The van der Waals surface area contributed by atoms with E-state index in [1.165, 1.54) is 0 Å². The second-order valence-electron chi connectivity index (χ2n) is 5.29. The van der Waals surface area contributed by atoms with Crippen LogP contribution in [0.4, 0.5) is 5.82 Å². The summed E-state index contributed by atoms with van der Waals surface area (Å²) in [4.78, 5) is 13.3. The van der Waals surface area contributed by atoms with Crippen LogP contribution in [0.25, 0.3) is 22.1 Å². The summed E-state index contributed by atoms with van der Waals surface area (Å²) in [5, 5.41) is 0. The number of rotatable bonds is 3. The summed E-state index contributed by atoms with van der Waals surface area (Å²) in [6.07, 6.45) is 1.80. The fourth-order valence-corrected chi connectivity index (χ4v) is 2.51. The molecule has 0 aliphatic heterocycles. The van der Waals surface area contributed by atoms with Gasteiger partial charge in [-0.1, -0.05) is 13.8 Å². The summed E-state index contributed by atoms with van der Waals surface area (Å²) in [5.74, 6) is 1.32. The number of halogens is 1. The van der Waals surface area contributed by atoms with Crippen LogP contribution in [0, 0.1) is 5.92 Å². The number of anilines is 1. The summed E-state index contributed by atoms with van der Waals surface area (Å²) in [5.41, 5.74) is 10.0. The van der Waals surface area contributed by atoms with Gasteiger partial charge in [0.15, 0.2) is 5.82 Å². The first-order valence-corrected chi connectivity index (χ1v) is 7.09. The molecule has 5 nitrogen and oxygen atoms in total. The maximum Gasteiger partial charge on any atom is 0.152 e. The second-order valence-corrected chi connectivity index (χ2v) is 5.56. The Balaban J connectivity index is 2.37. The average Bonchev–Trinajstić information content (AvgIpc) is 2.82. The molecule has 0 saturated carbocycles. The minimum Gasteiger partial charge on any atom is -0.382 e. The van der Waals surface area contributed by atoms with E-state index in [2.05, 4.69) is 33.4 Å². The van der Waals surface area contributed by atoms with Gasteiger partial charge in [0.05, 0.1) is 23.4 Å². The lowest BCUT2D eigenvalue weighted by atomic mass is 10.2. The standard InChI is InChI=1S/C14H16ClN5/c1-8(2)6-20-7-17-12-13(20)11-10(19-14(12)16)4-3-9(5-15)18-11/h3-4,7-8H,5-6H2,1-2H3,(H2,16,19). The average molecular weight is 290 g/mol. The number of hydrogen-bond acceptors (Lipinski definition) is 4. The zero-order valence-electron chi connectivity index (χ0n) is 11.5. The molecule has 0 bridgehead atoms. The number of nitrogen functional groups attached to an aromatic ring is 1. The molecule has 0 saturated heterocycles. The second kappa shape index (κ2) is 4.90. The molecule has 0 aromatic carbocycles. The van der Waals surface area contributed by atoms with Gasteiger partial charge in [0.2, 0.25) is 0 Å². The number of nitrogens with zero attached hydrogens (tertiary/aromatic N) is 4. The zero-order chi connectivity index (χ0) is 14.3. The Bertz CT molecular complexity index is 778. The maximum absolute atomic E-state index is 6.00. The van der Waals surface area contributed by atoms with Gasteiger partial charge in [-0.15, -0.1) is 11.6 Å². The quantitative estimate of drug-likeness (QED) is 0.753. The van der Waals surface area contributed by atoms with E-state index in [1.807, 2.05) is 12.1 Å². The minimum absolute atomic E-state index is 0.375. The third kappa shape index (κ3) is 2.08. The molecule has 0 amide bonds. The highest BCUT2D eigenvalue weighted by atomic mass is 35.5. The first kappa shape index (κ1) is 13.1. The van der Waals surface area contributed by atoms with E-state index in [4.69, 9.17) is 17.3 Å². The van der Waals surface area contributed by atoms with Gasteiger partial charge in [-0.25, -0.2) is 15.0 Å². The largest absolute Gasteiger partial charge is 0.382 e. The van der Waals surface area contributed by atoms with E-state index in [-0.39, 0.29) is 0 Å². The number of fused-ring (bicyclic) bond motifs is 3. The van der Waals surface area contributed by atoms with E-state index in [0.717, 1.165) is 28.8 Å². The summed E-state index contributed by atoms with van der Waals surface area (Å²) in [6.45, 7) is 5.19. The number of nitrogens with two attached hydrogens (primary N) is 1. The lowest BCUT2D eigenvalue weighted by Crippen LogP contribution is -2.04. The van der Waals surface area contributed by atoms with Crippen LogP contribution in [-0.4, -0.2) is 19.5 Å². The van der Waals surface area contributed by atoms with Crippen molar-refractivity contribution in [2.24, 2.45) is 5.92 Å². The van der Waals surface area contributed by atoms with Gasteiger partial charge in [-0.05, 0) is 18.1 Å². The van der Waals surface area contributed by atoms with E-state index in [1.54, 1.807) is 6.33 Å². The van der Waals surface area contributed by atoms with Gasteiger partial charge < -0.3 is 10.3 Å². The van der Waals surface area contributed by atoms with Gasteiger partial charge in [0.1, 0.15) is 16.6 Å². The van der Waals surface area contributed by atoms with Crippen LogP contribution in [0.1, 0.15) is 19.5 Å². The van der Waals surface area contributed by atoms with Crippen LogP contribution >= 0.6 is 11.6 Å². The molecule has 20 heavy (non-hydrogen) atoms. The predicted molar refractivity (Wildman–Crippen MR) is 81.6 cm³/mol. The van der Waals surface area contributed by atoms with Crippen LogP contribution in [0.15, 0.2) is 18.5 Å². The van der Waals surface area contributed by atoms with Crippen LogP contribution < -0.4 is 5.73 Å². The lowest BCUT2D eigenvalue weighted by molar-refractivity contribution is 0.533. The molecule has 0 aliphatic rings. The van der Waals surface area contributed by atoms with Crippen molar-refractivity contribution in [1.29, 1.82) is 0 Å². The summed E-state index contributed by atoms with van der Waals surface area (Å²) in [7, 11) is 0. The van der Waals surface area contributed by atoms with E-state index >= 15 is 0 Å². The first-order chi connectivity index (χ1) is 9.60. The minimum atomic E-state index is 0.375. The molecule has 0 radical (unpaired) electrons. The fraction of sp³-hybridized carbons (Fsp3) is 0.357. The Morgan fingerprint density at radius 3 is 2.75 bits per heavy atom. The third-order valence-electron chi connectivity index (χ3n) is 3.18. The molecule has 2 N–H and O–H groups in total. The third-order valence-corrected chi connectivity index (χ3v) is 3.45. The fourth-order valence-electron chi connectivity index (χ4n) is 2.36. The SMILES string of the molecule is CC(C)Cn1cnc2c(N)nc3ccc(CCl)nc3c21. The van der Waals surface area contributed by atoms with Crippen molar-refractivity contribution in [3.05, 3.63) is 24.2 Å². The van der Waals surface area contributed by atoms with E-state index < -0.39 is 0 Å². The Kier molecular flexibility index (Phi) is 3.22. The number of pyridine rings is 2. The summed E-state index contributed by atoms with van der Waals surface area (Å²) in [6, 6.07) is 3.78. The molecule has 0 spiro atoms. The maximum atomic E-state index is 6.00. The highest BCUT2D eigenvalue weighted by Gasteiger charge is 2.14. The molecule has 6 heteroatoms. The molecule has 3 aromatic rings. The van der Waals surface area contributed by atoms with Crippen molar-refractivity contribution < 1.29 is 0 Å². The number of hydrogen-bond donors (Lipinski definition) is 1. The molecule has 104 valence electrons. The van der Waals surface area contributed by atoms with Crippen molar-refractivity contribution in [2.75, 3.05) is 5.73 Å². The smallest absolute Gasteiger partial charge is 0.152 e. The highest BCUT2D eigenvalue weighted by Crippen LogP contribution is 2.26. The molecule has 0 fully saturated rings. The van der Waals surface area contributed by atoms with Crippen LogP contribution in [0.5, 0.6) is 0 Å². The highest BCUT2D eigenvalue weighted by molar-refractivity contribution is 6.17. The Morgan fingerprint density at radius 1 is 1.25 bits per heavy atom. The van der Waals surface area contributed by atoms with Gasteiger partial charge in [0, 0.05) is 6.54 Å². The van der Waals surface area contributed by atoms with Gasteiger partial charge in [0.25, 0.3) is 0 Å². The molecule has 0 unspecified atom stereocenters. The molecule has 0 aliphatic carbocycles. The molecular weight excluding hydrogens is 274 g/mol. The van der Waals surface area contributed by atoms with Crippen molar-refractivity contribution in [2.45, 2.75) is 26.3 Å². The monoisotopic (exact) mass is 289 g/mol. The molecule has 3 rings (SSSR count). The van der Waals surface area contributed by atoms with Crippen LogP contribution in [-0.2, 0) is 12.4 Å². The first-order valence-electron chi connectivity index (χ1n) is 6.56. The number of imidazole rings is 1. The van der Waals surface area contributed by atoms with E-state index in [9.17, 15) is 0 Å². The Hall–Kier alpha value is -1.88. The molecule has 3 aromatic heterocycles. The van der Waals surface area contributed by atoms with E-state index in [0.29, 0.717) is 23.1 Å². The topological polar surface area (TPSA) is 69.6 Å². The van der Waals surface area contributed by atoms with Gasteiger partial charge in [-0.3, -0.25) is 0 Å². The molecule has 0 atom stereocenters. The van der Waals surface area contributed by atoms with Gasteiger partial charge >= 0.3 is 0 Å². The zero-order valence-corrected chi connectivity index (χ0v) is 12.2. The number of aromatic nitrogens is 4. The summed E-state index contributed by atoms with van der Waals surface area (Å²) >= 11 is 5.88. The van der Waals surface area contributed by atoms with Crippen LogP contribution in [0.3, 0.4) is 0 Å². The van der Waals surface area contributed by atoms with Gasteiger partial charge in [-0.2, -0.15) is 0 Å². The van der Waals surface area contributed by atoms with Crippen LogP contribution in [0.2, 0.25) is 0 Å². The predicted octanol–water partition coefficient (Wildman–Crippen LogP) is 2.96. The van der Waals surface area contributed by atoms with Crippen molar-refractivity contribution in [1.82, 2.24) is 19.5 Å².